The molecule has 2 N–H and O–H groups in total. The maximum absolute atomic E-state index is 11.8. The van der Waals surface area contributed by atoms with Gasteiger partial charge in [0.2, 0.25) is 5.91 Å². The van der Waals surface area contributed by atoms with Crippen molar-refractivity contribution in [1.29, 1.82) is 0 Å². The minimum Gasteiger partial charge on any atom is -0.337 e. The summed E-state index contributed by atoms with van der Waals surface area (Å²) in [5.41, 5.74) is 5.77. The fourth-order valence-corrected chi connectivity index (χ4v) is 3.53. The van der Waals surface area contributed by atoms with E-state index in [-0.39, 0.29) is 11.9 Å². The number of amides is 1. The van der Waals surface area contributed by atoms with Gasteiger partial charge in [0.05, 0.1) is 6.04 Å². The predicted octanol–water partition coefficient (Wildman–Crippen LogP) is 0.830. The summed E-state index contributed by atoms with van der Waals surface area (Å²) in [6, 6.07) is 0.221. The van der Waals surface area contributed by atoms with Crippen LogP contribution in [0, 0.1) is 0 Å². The molecule has 0 aromatic carbocycles. The smallest absolute Gasteiger partial charge is 0.239 e. The van der Waals surface area contributed by atoms with Crippen molar-refractivity contribution in [3.63, 3.8) is 0 Å². The Labute approximate surface area is 89.4 Å². The van der Waals surface area contributed by atoms with Crippen LogP contribution in [-0.2, 0) is 4.79 Å². The van der Waals surface area contributed by atoms with E-state index in [4.69, 9.17) is 5.73 Å². The Morgan fingerprint density at radius 1 is 1.57 bits per heavy atom. The summed E-state index contributed by atoms with van der Waals surface area (Å²) in [5, 5.41) is 0.700. The van der Waals surface area contributed by atoms with Gasteiger partial charge in [0.15, 0.2) is 0 Å². The maximum Gasteiger partial charge on any atom is 0.239 e. The number of nitrogens with two attached hydrogens (primary N) is 1. The van der Waals surface area contributed by atoms with Crippen molar-refractivity contribution in [2.24, 2.45) is 5.73 Å². The summed E-state index contributed by atoms with van der Waals surface area (Å²) < 4.78 is 0. The van der Waals surface area contributed by atoms with Crippen LogP contribution >= 0.6 is 11.8 Å². The molecule has 3 nitrogen and oxygen atoms in total. The topological polar surface area (TPSA) is 46.3 Å². The van der Waals surface area contributed by atoms with Gasteiger partial charge in [-0.25, -0.2) is 0 Å². The molecule has 0 radical (unpaired) electrons. The minimum atomic E-state index is -0.232. The Hall–Kier alpha value is -0.220. The van der Waals surface area contributed by atoms with E-state index in [9.17, 15) is 4.79 Å². The normalized spacial score (nSPS) is 39.1. The van der Waals surface area contributed by atoms with Crippen molar-refractivity contribution in [1.82, 2.24) is 4.90 Å². The SMILES string of the molecule is CC1CC(N2CCCC(N)C2=O)CS1. The van der Waals surface area contributed by atoms with E-state index >= 15 is 0 Å². The van der Waals surface area contributed by atoms with Gasteiger partial charge in [0, 0.05) is 23.6 Å². The summed E-state index contributed by atoms with van der Waals surface area (Å²) >= 11 is 1.97. The summed E-state index contributed by atoms with van der Waals surface area (Å²) in [6.45, 7) is 3.16. The molecule has 2 aliphatic heterocycles. The molecule has 0 bridgehead atoms. The number of thioether (sulfide) groups is 1. The average molecular weight is 214 g/mol. The van der Waals surface area contributed by atoms with Crippen molar-refractivity contribution < 1.29 is 4.79 Å². The molecule has 2 saturated heterocycles. The lowest BCUT2D eigenvalue weighted by Crippen LogP contribution is -2.52. The first-order valence-corrected chi connectivity index (χ1v) is 6.41. The van der Waals surface area contributed by atoms with Crippen molar-refractivity contribution >= 4 is 17.7 Å². The number of nitrogens with zero attached hydrogens (tertiary/aromatic N) is 1. The van der Waals surface area contributed by atoms with Gasteiger partial charge in [0.25, 0.3) is 0 Å². The summed E-state index contributed by atoms with van der Waals surface area (Å²) in [6.07, 6.45) is 3.08. The molecule has 80 valence electrons. The molecule has 2 heterocycles. The van der Waals surface area contributed by atoms with Crippen molar-refractivity contribution in [3.8, 4) is 0 Å². The van der Waals surface area contributed by atoms with Crippen molar-refractivity contribution in [2.45, 2.75) is 43.5 Å². The van der Waals surface area contributed by atoms with Gasteiger partial charge in [0.1, 0.15) is 0 Å². The fraction of sp³-hybridized carbons (Fsp3) is 0.900. The maximum atomic E-state index is 11.8. The van der Waals surface area contributed by atoms with Crippen LogP contribution in [-0.4, -0.2) is 40.4 Å². The molecule has 1 amide bonds. The summed E-state index contributed by atoms with van der Waals surface area (Å²) in [5.74, 6) is 1.27. The van der Waals surface area contributed by atoms with E-state index in [0.717, 1.165) is 31.6 Å². The first-order valence-electron chi connectivity index (χ1n) is 5.36. The van der Waals surface area contributed by atoms with Crippen LogP contribution in [0.4, 0.5) is 0 Å². The van der Waals surface area contributed by atoms with Crippen LogP contribution in [0.2, 0.25) is 0 Å². The van der Waals surface area contributed by atoms with E-state index in [0.29, 0.717) is 11.3 Å². The molecule has 2 fully saturated rings. The van der Waals surface area contributed by atoms with Crippen molar-refractivity contribution in [2.75, 3.05) is 12.3 Å². The van der Waals surface area contributed by atoms with Crippen LogP contribution in [0.3, 0.4) is 0 Å². The second-order valence-electron chi connectivity index (χ2n) is 4.31. The quantitative estimate of drug-likeness (QED) is 0.703. The van der Waals surface area contributed by atoms with Gasteiger partial charge in [-0.2, -0.15) is 11.8 Å². The van der Waals surface area contributed by atoms with Gasteiger partial charge in [-0.05, 0) is 19.3 Å². The molecule has 14 heavy (non-hydrogen) atoms. The number of hydrogen-bond donors (Lipinski definition) is 1. The van der Waals surface area contributed by atoms with Gasteiger partial charge in [-0.1, -0.05) is 6.92 Å². The molecule has 3 atom stereocenters. The zero-order valence-corrected chi connectivity index (χ0v) is 9.43. The van der Waals surface area contributed by atoms with Gasteiger partial charge in [-0.3, -0.25) is 4.79 Å². The first-order chi connectivity index (χ1) is 6.68. The highest BCUT2D eigenvalue weighted by atomic mass is 32.2. The summed E-state index contributed by atoms with van der Waals surface area (Å²) in [7, 11) is 0. The number of carbonyl (C=O) groups excluding carboxylic acids is 1. The molecule has 4 heteroatoms. The third-order valence-corrected chi connectivity index (χ3v) is 4.47. The molecular formula is C10H18N2OS. The standard InChI is InChI=1S/C10H18N2OS/c1-7-5-8(6-14-7)12-4-2-3-9(11)10(12)13/h7-9H,2-6,11H2,1H3. The second-order valence-corrected chi connectivity index (χ2v) is 5.79. The van der Waals surface area contributed by atoms with Crippen LogP contribution < -0.4 is 5.73 Å². The van der Waals surface area contributed by atoms with E-state index in [1.165, 1.54) is 0 Å². The second kappa shape index (κ2) is 4.11. The first kappa shape index (κ1) is 10.3. The zero-order chi connectivity index (χ0) is 10.1. The molecule has 0 spiro atoms. The Bertz CT molecular complexity index is 234. The Morgan fingerprint density at radius 3 is 3.00 bits per heavy atom. The lowest BCUT2D eigenvalue weighted by molar-refractivity contribution is -0.136. The molecule has 2 rings (SSSR count). The average Bonchev–Trinajstić information content (AvgIpc) is 2.57. The van der Waals surface area contributed by atoms with E-state index in [2.05, 4.69) is 6.92 Å². The lowest BCUT2D eigenvalue weighted by Gasteiger charge is -2.34. The largest absolute Gasteiger partial charge is 0.337 e. The molecule has 0 saturated carbocycles. The fourth-order valence-electron chi connectivity index (χ4n) is 2.30. The predicted molar refractivity (Wildman–Crippen MR) is 59.2 cm³/mol. The highest BCUT2D eigenvalue weighted by Crippen LogP contribution is 2.31. The lowest BCUT2D eigenvalue weighted by atomic mass is 10.0. The number of hydrogen-bond acceptors (Lipinski definition) is 3. The minimum absolute atomic E-state index is 0.177. The Morgan fingerprint density at radius 2 is 2.36 bits per heavy atom. The molecule has 0 aliphatic carbocycles. The van der Waals surface area contributed by atoms with Gasteiger partial charge in [-0.15, -0.1) is 0 Å². The van der Waals surface area contributed by atoms with E-state index < -0.39 is 0 Å². The highest BCUT2D eigenvalue weighted by Gasteiger charge is 2.34. The molecule has 2 aliphatic rings. The molecule has 0 aromatic heterocycles. The highest BCUT2D eigenvalue weighted by molar-refractivity contribution is 8.00. The monoisotopic (exact) mass is 214 g/mol. The van der Waals surface area contributed by atoms with E-state index in [1.807, 2.05) is 16.7 Å². The zero-order valence-electron chi connectivity index (χ0n) is 8.61. The molecule has 0 aromatic rings. The third-order valence-electron chi connectivity index (χ3n) is 3.13. The van der Waals surface area contributed by atoms with Crippen LogP contribution in [0.5, 0.6) is 0 Å². The van der Waals surface area contributed by atoms with Crippen LogP contribution in [0.15, 0.2) is 0 Å². The summed E-state index contributed by atoms with van der Waals surface area (Å²) in [4.78, 5) is 13.8. The number of likely N-dealkylation sites (tertiary alicyclic amines) is 1. The Balaban J connectivity index is 1.99. The van der Waals surface area contributed by atoms with Crippen molar-refractivity contribution in [3.05, 3.63) is 0 Å². The van der Waals surface area contributed by atoms with Crippen LogP contribution in [0.1, 0.15) is 26.2 Å². The molecular weight excluding hydrogens is 196 g/mol. The number of piperidine rings is 1. The van der Waals surface area contributed by atoms with Gasteiger partial charge >= 0.3 is 0 Å². The van der Waals surface area contributed by atoms with E-state index in [1.54, 1.807) is 0 Å². The Kier molecular flexibility index (Phi) is 3.02. The third kappa shape index (κ3) is 1.91. The number of carbonyl (C=O) groups is 1. The molecule has 3 unspecified atom stereocenters. The van der Waals surface area contributed by atoms with Gasteiger partial charge < -0.3 is 10.6 Å². The van der Waals surface area contributed by atoms with Crippen LogP contribution in [0.25, 0.3) is 0 Å². The number of rotatable bonds is 1.